The summed E-state index contributed by atoms with van der Waals surface area (Å²) in [5.41, 5.74) is 3.47. The monoisotopic (exact) mass is 372 g/mol. The van der Waals surface area contributed by atoms with Crippen LogP contribution in [0.3, 0.4) is 0 Å². The number of aryl methyl sites for hydroxylation is 1. The average molecular weight is 373 g/mol. The Kier molecular flexibility index (Phi) is 4.79. The fraction of sp³-hybridized carbons (Fsp3) is 0.316. The van der Waals surface area contributed by atoms with Gasteiger partial charge in [0.15, 0.2) is 0 Å². The molecule has 1 aromatic carbocycles. The van der Waals surface area contributed by atoms with E-state index in [1.807, 2.05) is 29.9 Å². The molecule has 4 rings (SSSR count). The zero-order valence-electron chi connectivity index (χ0n) is 14.2. The van der Waals surface area contributed by atoms with Gasteiger partial charge in [0, 0.05) is 39.8 Å². The number of para-hydroxylation sites is 1. The fourth-order valence-corrected chi connectivity index (χ4v) is 4.37. The lowest BCUT2D eigenvalue weighted by Crippen LogP contribution is -2.46. The molecule has 1 aliphatic rings. The highest BCUT2D eigenvalue weighted by molar-refractivity contribution is 7.13. The largest absolute Gasteiger partial charge is 0.368 e. The summed E-state index contributed by atoms with van der Waals surface area (Å²) in [6.45, 7) is 4.94. The lowest BCUT2D eigenvalue weighted by atomic mass is 10.2. The minimum atomic E-state index is 0.835. The normalized spacial score (nSPS) is 15.7. The third-order valence-electron chi connectivity index (χ3n) is 4.66. The SMILES string of the molecule is Cn1nc(CN2CCN(c3ccccc3Cl)CC2)cc1-c1cccs1. The molecule has 0 amide bonds. The van der Waals surface area contributed by atoms with Crippen molar-refractivity contribution in [1.82, 2.24) is 14.7 Å². The first-order valence-corrected chi connectivity index (χ1v) is 9.75. The van der Waals surface area contributed by atoms with Crippen LogP contribution in [-0.4, -0.2) is 40.9 Å². The number of hydrogen-bond acceptors (Lipinski definition) is 4. The van der Waals surface area contributed by atoms with Crippen molar-refractivity contribution in [2.75, 3.05) is 31.1 Å². The van der Waals surface area contributed by atoms with E-state index in [2.05, 4.69) is 39.4 Å². The number of nitrogens with zero attached hydrogens (tertiary/aromatic N) is 4. The Labute approximate surface area is 157 Å². The molecule has 1 aliphatic heterocycles. The summed E-state index contributed by atoms with van der Waals surface area (Å²) < 4.78 is 1.99. The summed E-state index contributed by atoms with van der Waals surface area (Å²) in [6, 6.07) is 14.5. The number of piperazine rings is 1. The molecule has 2 aromatic heterocycles. The summed E-state index contributed by atoms with van der Waals surface area (Å²) in [6.07, 6.45) is 0. The first-order valence-electron chi connectivity index (χ1n) is 8.49. The van der Waals surface area contributed by atoms with Crippen LogP contribution in [0.2, 0.25) is 5.02 Å². The number of anilines is 1. The molecule has 0 bridgehead atoms. The van der Waals surface area contributed by atoms with Crippen LogP contribution < -0.4 is 4.90 Å². The Bertz CT molecular complexity index is 835. The minimum absolute atomic E-state index is 0.835. The molecule has 1 saturated heterocycles. The maximum atomic E-state index is 6.33. The van der Waals surface area contributed by atoms with Gasteiger partial charge in [-0.25, -0.2) is 0 Å². The number of thiophene rings is 1. The van der Waals surface area contributed by atoms with Crippen LogP contribution in [0.1, 0.15) is 5.69 Å². The zero-order valence-corrected chi connectivity index (χ0v) is 15.8. The summed E-state index contributed by atoms with van der Waals surface area (Å²) in [7, 11) is 2.02. The van der Waals surface area contributed by atoms with Gasteiger partial charge in [-0.3, -0.25) is 9.58 Å². The molecule has 6 heteroatoms. The minimum Gasteiger partial charge on any atom is -0.368 e. The van der Waals surface area contributed by atoms with E-state index < -0.39 is 0 Å². The van der Waals surface area contributed by atoms with Crippen LogP contribution in [0.5, 0.6) is 0 Å². The van der Waals surface area contributed by atoms with E-state index in [0.717, 1.165) is 49.1 Å². The van der Waals surface area contributed by atoms with E-state index in [0.29, 0.717) is 0 Å². The maximum absolute atomic E-state index is 6.33. The third kappa shape index (κ3) is 3.59. The highest BCUT2D eigenvalue weighted by Gasteiger charge is 2.20. The Hall–Kier alpha value is -1.82. The molecule has 0 N–H and O–H groups in total. The fourth-order valence-electron chi connectivity index (χ4n) is 3.34. The molecule has 0 aliphatic carbocycles. The van der Waals surface area contributed by atoms with Crippen LogP contribution >= 0.6 is 22.9 Å². The van der Waals surface area contributed by atoms with Crippen molar-refractivity contribution in [3.8, 4) is 10.6 Å². The van der Waals surface area contributed by atoms with E-state index in [4.69, 9.17) is 16.7 Å². The standard InChI is InChI=1S/C19H21ClN4S/c1-22-18(19-7-4-12-25-19)13-15(21-22)14-23-8-10-24(11-9-23)17-6-3-2-5-16(17)20/h2-7,12-13H,8-11,14H2,1H3. The van der Waals surface area contributed by atoms with Gasteiger partial charge >= 0.3 is 0 Å². The Morgan fingerprint density at radius 1 is 1.08 bits per heavy atom. The highest BCUT2D eigenvalue weighted by atomic mass is 35.5. The summed E-state index contributed by atoms with van der Waals surface area (Å²) in [4.78, 5) is 6.10. The Morgan fingerprint density at radius 2 is 1.88 bits per heavy atom. The van der Waals surface area contributed by atoms with Gasteiger partial charge in [-0.05, 0) is 29.6 Å². The van der Waals surface area contributed by atoms with Gasteiger partial charge in [0.25, 0.3) is 0 Å². The van der Waals surface area contributed by atoms with Crippen molar-refractivity contribution in [3.05, 3.63) is 58.6 Å². The van der Waals surface area contributed by atoms with Crippen molar-refractivity contribution in [3.63, 3.8) is 0 Å². The van der Waals surface area contributed by atoms with Crippen LogP contribution in [0.15, 0.2) is 47.8 Å². The molecule has 1 fully saturated rings. The van der Waals surface area contributed by atoms with E-state index >= 15 is 0 Å². The van der Waals surface area contributed by atoms with E-state index in [9.17, 15) is 0 Å². The predicted molar refractivity (Wildman–Crippen MR) is 105 cm³/mol. The molecule has 3 aromatic rings. The second-order valence-corrected chi connectivity index (χ2v) is 7.69. The molecule has 130 valence electrons. The van der Waals surface area contributed by atoms with Crippen LogP contribution in [0, 0.1) is 0 Å². The van der Waals surface area contributed by atoms with Gasteiger partial charge in [0.1, 0.15) is 0 Å². The van der Waals surface area contributed by atoms with Crippen molar-refractivity contribution in [2.45, 2.75) is 6.54 Å². The second kappa shape index (κ2) is 7.20. The Balaban J connectivity index is 1.39. The molecular weight excluding hydrogens is 352 g/mol. The second-order valence-electron chi connectivity index (χ2n) is 6.34. The molecule has 0 unspecified atom stereocenters. The third-order valence-corrected chi connectivity index (χ3v) is 5.87. The van der Waals surface area contributed by atoms with Crippen molar-refractivity contribution in [2.24, 2.45) is 7.05 Å². The molecule has 0 spiro atoms. The number of benzene rings is 1. The van der Waals surface area contributed by atoms with E-state index in [-0.39, 0.29) is 0 Å². The van der Waals surface area contributed by atoms with Crippen LogP contribution in [0.25, 0.3) is 10.6 Å². The zero-order chi connectivity index (χ0) is 17.2. The highest BCUT2D eigenvalue weighted by Crippen LogP contribution is 2.27. The summed E-state index contributed by atoms with van der Waals surface area (Å²) in [5.74, 6) is 0. The number of aromatic nitrogens is 2. The van der Waals surface area contributed by atoms with Crippen molar-refractivity contribution in [1.29, 1.82) is 0 Å². The lowest BCUT2D eigenvalue weighted by Gasteiger charge is -2.36. The lowest BCUT2D eigenvalue weighted by molar-refractivity contribution is 0.246. The molecule has 4 nitrogen and oxygen atoms in total. The molecule has 25 heavy (non-hydrogen) atoms. The van der Waals surface area contributed by atoms with Gasteiger partial charge < -0.3 is 4.90 Å². The maximum Gasteiger partial charge on any atom is 0.0782 e. The predicted octanol–water partition coefficient (Wildman–Crippen LogP) is 4.12. The molecule has 0 radical (unpaired) electrons. The smallest absolute Gasteiger partial charge is 0.0782 e. The average Bonchev–Trinajstić information content (AvgIpc) is 3.26. The first-order chi connectivity index (χ1) is 12.2. The Morgan fingerprint density at radius 3 is 2.60 bits per heavy atom. The van der Waals surface area contributed by atoms with E-state index in [1.54, 1.807) is 11.3 Å². The van der Waals surface area contributed by atoms with E-state index in [1.165, 1.54) is 10.6 Å². The number of rotatable bonds is 4. The first kappa shape index (κ1) is 16.6. The quantitative estimate of drug-likeness (QED) is 0.688. The van der Waals surface area contributed by atoms with Gasteiger partial charge in [0.05, 0.1) is 27.0 Å². The summed E-state index contributed by atoms with van der Waals surface area (Å²) in [5, 5.41) is 7.64. The molecule has 3 heterocycles. The topological polar surface area (TPSA) is 24.3 Å². The van der Waals surface area contributed by atoms with Crippen LogP contribution in [-0.2, 0) is 13.6 Å². The van der Waals surface area contributed by atoms with Gasteiger partial charge in [-0.15, -0.1) is 11.3 Å². The van der Waals surface area contributed by atoms with Gasteiger partial charge in [0.2, 0.25) is 0 Å². The van der Waals surface area contributed by atoms with Crippen LogP contribution in [0.4, 0.5) is 5.69 Å². The number of hydrogen-bond donors (Lipinski definition) is 0. The van der Waals surface area contributed by atoms with Crippen molar-refractivity contribution < 1.29 is 0 Å². The molecular formula is C19H21ClN4S. The van der Waals surface area contributed by atoms with Gasteiger partial charge in [-0.1, -0.05) is 29.8 Å². The number of halogens is 1. The molecule has 0 saturated carbocycles. The molecule has 0 atom stereocenters. The summed E-state index contributed by atoms with van der Waals surface area (Å²) >= 11 is 8.08. The van der Waals surface area contributed by atoms with Gasteiger partial charge in [-0.2, -0.15) is 5.10 Å². The van der Waals surface area contributed by atoms with Crippen molar-refractivity contribution >= 4 is 28.6 Å².